The molecule has 0 amide bonds. The molecule has 2 aromatic rings. The van der Waals surface area contributed by atoms with Gasteiger partial charge >= 0.3 is 0 Å². The maximum Gasteiger partial charge on any atom is 0.0997 e. The minimum atomic E-state index is 0.869. The van der Waals surface area contributed by atoms with Gasteiger partial charge in [0, 0.05) is 15.5 Å². The van der Waals surface area contributed by atoms with Crippen LogP contribution in [0.25, 0.3) is 5.69 Å². The summed E-state index contributed by atoms with van der Waals surface area (Å²) in [6.07, 6.45) is 1.86. The van der Waals surface area contributed by atoms with Crippen molar-refractivity contribution < 1.29 is 0 Å². The van der Waals surface area contributed by atoms with Crippen molar-refractivity contribution in [3.8, 4) is 5.69 Å². The van der Waals surface area contributed by atoms with Crippen molar-refractivity contribution in [3.05, 3.63) is 46.0 Å². The van der Waals surface area contributed by atoms with Crippen molar-refractivity contribution in [1.29, 1.82) is 0 Å². The first kappa shape index (κ1) is 11.9. The molecule has 0 fully saturated rings. The highest BCUT2D eigenvalue weighted by Gasteiger charge is 2.07. The molecule has 4 heteroatoms. The third-order valence-corrected chi connectivity index (χ3v) is 3.96. The van der Waals surface area contributed by atoms with Crippen LogP contribution >= 0.6 is 31.9 Å². The Morgan fingerprint density at radius 3 is 2.56 bits per heavy atom. The summed E-state index contributed by atoms with van der Waals surface area (Å²) in [5, 5.41) is 0.869. The van der Waals surface area contributed by atoms with Gasteiger partial charge in [0.2, 0.25) is 0 Å². The number of alkyl halides is 1. The Kier molecular flexibility index (Phi) is 3.50. The highest BCUT2D eigenvalue weighted by Crippen LogP contribution is 2.25. The number of aryl methyl sites for hydroxylation is 1. The number of hydrogen-bond acceptors (Lipinski definition) is 1. The summed E-state index contributed by atoms with van der Waals surface area (Å²) in [4.78, 5) is 4.31. The van der Waals surface area contributed by atoms with Crippen LogP contribution in [0.3, 0.4) is 0 Å². The summed E-state index contributed by atoms with van der Waals surface area (Å²) in [6, 6.07) is 6.34. The van der Waals surface area contributed by atoms with Crippen molar-refractivity contribution in [3.63, 3.8) is 0 Å². The first-order valence-corrected chi connectivity index (χ1v) is 6.90. The third kappa shape index (κ3) is 2.09. The number of benzene rings is 1. The van der Waals surface area contributed by atoms with Crippen LogP contribution in [0.2, 0.25) is 0 Å². The lowest BCUT2D eigenvalue weighted by atomic mass is 10.2. The molecular formula is C12H12Br2N2. The Morgan fingerprint density at radius 2 is 2.06 bits per heavy atom. The van der Waals surface area contributed by atoms with E-state index < -0.39 is 0 Å². The summed E-state index contributed by atoms with van der Waals surface area (Å²) in [5.74, 6) is 0. The Morgan fingerprint density at radius 1 is 1.31 bits per heavy atom. The summed E-state index contributed by atoms with van der Waals surface area (Å²) in [5.41, 5.74) is 4.62. The van der Waals surface area contributed by atoms with Gasteiger partial charge in [-0.1, -0.05) is 22.0 Å². The van der Waals surface area contributed by atoms with E-state index in [1.54, 1.807) is 0 Å². The molecule has 0 aliphatic rings. The lowest BCUT2D eigenvalue weighted by molar-refractivity contribution is 0.993. The smallest absolute Gasteiger partial charge is 0.0997 e. The van der Waals surface area contributed by atoms with Crippen LogP contribution in [0, 0.1) is 13.8 Å². The summed E-state index contributed by atoms with van der Waals surface area (Å²) in [6.45, 7) is 4.10. The van der Waals surface area contributed by atoms with Crippen molar-refractivity contribution in [2.45, 2.75) is 19.2 Å². The van der Waals surface area contributed by atoms with Crippen LogP contribution in [-0.4, -0.2) is 9.55 Å². The van der Waals surface area contributed by atoms with E-state index in [1.807, 2.05) is 13.3 Å². The minimum absolute atomic E-state index is 0.869. The number of nitrogens with zero attached hydrogens (tertiary/aromatic N) is 2. The molecule has 0 bridgehead atoms. The van der Waals surface area contributed by atoms with Gasteiger partial charge in [0.05, 0.1) is 17.7 Å². The maximum atomic E-state index is 4.31. The largest absolute Gasteiger partial charge is 0.302 e. The second-order valence-corrected chi connectivity index (χ2v) is 5.12. The summed E-state index contributed by atoms with van der Waals surface area (Å²) >= 11 is 7.05. The van der Waals surface area contributed by atoms with E-state index in [-0.39, 0.29) is 0 Å². The Labute approximate surface area is 112 Å². The molecule has 0 aliphatic carbocycles. The Bertz CT molecular complexity index is 518. The first-order valence-electron chi connectivity index (χ1n) is 4.99. The van der Waals surface area contributed by atoms with Crippen LogP contribution in [0.5, 0.6) is 0 Å². The lowest BCUT2D eigenvalue weighted by Gasteiger charge is -2.09. The molecule has 0 unspecified atom stereocenters. The van der Waals surface area contributed by atoms with Gasteiger partial charge in [-0.25, -0.2) is 4.98 Å². The molecule has 0 saturated carbocycles. The molecule has 0 atom stereocenters. The van der Waals surface area contributed by atoms with Crippen molar-refractivity contribution in [2.24, 2.45) is 0 Å². The van der Waals surface area contributed by atoms with Crippen LogP contribution in [0.15, 0.2) is 29.0 Å². The van der Waals surface area contributed by atoms with E-state index in [2.05, 4.69) is 66.5 Å². The number of aromatic nitrogens is 2. The average Bonchev–Trinajstić information content (AvgIpc) is 2.60. The highest BCUT2D eigenvalue weighted by molar-refractivity contribution is 9.10. The van der Waals surface area contributed by atoms with Crippen molar-refractivity contribution in [2.75, 3.05) is 0 Å². The van der Waals surface area contributed by atoms with Crippen LogP contribution in [0.1, 0.15) is 17.0 Å². The monoisotopic (exact) mass is 342 g/mol. The molecule has 0 radical (unpaired) electrons. The first-order chi connectivity index (χ1) is 7.63. The fourth-order valence-electron chi connectivity index (χ4n) is 1.57. The SMILES string of the molecule is Cc1ncn(-c2ccc(CBr)cc2Br)c1C. The second kappa shape index (κ2) is 4.72. The van der Waals surface area contributed by atoms with E-state index in [4.69, 9.17) is 0 Å². The highest BCUT2D eigenvalue weighted by atomic mass is 79.9. The topological polar surface area (TPSA) is 17.8 Å². The zero-order chi connectivity index (χ0) is 11.7. The molecule has 1 heterocycles. The van der Waals surface area contributed by atoms with Gasteiger partial charge in [-0.15, -0.1) is 0 Å². The van der Waals surface area contributed by atoms with Crippen LogP contribution in [-0.2, 0) is 5.33 Å². The quantitative estimate of drug-likeness (QED) is 0.749. The molecule has 0 spiro atoms. The van der Waals surface area contributed by atoms with Crippen LogP contribution < -0.4 is 0 Å². The Balaban J connectivity index is 2.52. The summed E-state index contributed by atoms with van der Waals surface area (Å²) in [7, 11) is 0. The molecule has 0 aliphatic heterocycles. The molecule has 1 aromatic carbocycles. The third-order valence-electron chi connectivity index (χ3n) is 2.68. The summed E-state index contributed by atoms with van der Waals surface area (Å²) < 4.78 is 3.18. The van der Waals surface area contributed by atoms with Crippen molar-refractivity contribution in [1.82, 2.24) is 9.55 Å². The van der Waals surface area contributed by atoms with E-state index in [0.717, 1.165) is 21.2 Å². The molecule has 1 aromatic heterocycles. The van der Waals surface area contributed by atoms with E-state index in [1.165, 1.54) is 11.3 Å². The van der Waals surface area contributed by atoms with E-state index in [9.17, 15) is 0 Å². The normalized spacial score (nSPS) is 10.8. The standard InChI is InChI=1S/C12H12Br2N2/c1-8-9(2)16(7-15-8)12-4-3-10(6-13)5-11(12)14/h3-5,7H,6H2,1-2H3. The van der Waals surface area contributed by atoms with Crippen LogP contribution in [0.4, 0.5) is 0 Å². The molecule has 0 saturated heterocycles. The second-order valence-electron chi connectivity index (χ2n) is 3.70. The fraction of sp³-hybridized carbons (Fsp3) is 0.250. The molecule has 2 rings (SSSR count). The number of hydrogen-bond donors (Lipinski definition) is 0. The molecular weight excluding hydrogens is 332 g/mol. The molecule has 16 heavy (non-hydrogen) atoms. The predicted octanol–water partition coefficient (Wildman–Crippen LogP) is 4.15. The molecule has 2 nitrogen and oxygen atoms in total. The maximum absolute atomic E-state index is 4.31. The van der Waals surface area contributed by atoms with Gasteiger partial charge in [0.15, 0.2) is 0 Å². The fourth-order valence-corrected chi connectivity index (χ4v) is 2.54. The average molecular weight is 344 g/mol. The van der Waals surface area contributed by atoms with Gasteiger partial charge in [-0.3, -0.25) is 0 Å². The van der Waals surface area contributed by atoms with E-state index in [0.29, 0.717) is 0 Å². The van der Waals surface area contributed by atoms with Gasteiger partial charge in [-0.05, 0) is 47.5 Å². The lowest BCUT2D eigenvalue weighted by Crippen LogP contribution is -1.97. The number of halogens is 2. The van der Waals surface area contributed by atoms with E-state index >= 15 is 0 Å². The Hall–Kier alpha value is -0.610. The number of imidazole rings is 1. The zero-order valence-electron chi connectivity index (χ0n) is 9.17. The van der Waals surface area contributed by atoms with Gasteiger partial charge in [-0.2, -0.15) is 0 Å². The zero-order valence-corrected chi connectivity index (χ0v) is 12.3. The molecule has 84 valence electrons. The number of rotatable bonds is 2. The van der Waals surface area contributed by atoms with Gasteiger partial charge in [0.25, 0.3) is 0 Å². The predicted molar refractivity (Wildman–Crippen MR) is 73.4 cm³/mol. The van der Waals surface area contributed by atoms with Gasteiger partial charge in [0.1, 0.15) is 0 Å². The van der Waals surface area contributed by atoms with Crippen molar-refractivity contribution >= 4 is 31.9 Å². The minimum Gasteiger partial charge on any atom is -0.302 e. The van der Waals surface area contributed by atoms with Gasteiger partial charge < -0.3 is 4.57 Å². The molecule has 0 N–H and O–H groups in total.